The summed E-state index contributed by atoms with van der Waals surface area (Å²) in [4.78, 5) is 17.2. The molecule has 1 heterocycles. The number of hydrogen-bond donors (Lipinski definition) is 2. The van der Waals surface area contributed by atoms with Gasteiger partial charge in [0.1, 0.15) is 5.82 Å². The number of carbonyl (C=O) groups excluding carboxylic acids is 1. The van der Waals surface area contributed by atoms with Crippen LogP contribution in [0.2, 0.25) is 0 Å². The molecule has 1 amide bonds. The van der Waals surface area contributed by atoms with Gasteiger partial charge < -0.3 is 21.1 Å². The van der Waals surface area contributed by atoms with Crippen molar-refractivity contribution in [1.82, 2.24) is 4.98 Å². The second kappa shape index (κ2) is 7.18. The van der Waals surface area contributed by atoms with E-state index >= 15 is 0 Å². The summed E-state index contributed by atoms with van der Waals surface area (Å²) in [6.45, 7) is 1.55. The first-order chi connectivity index (χ1) is 9.10. The molecule has 1 aromatic heterocycles. The molecule has 0 unspecified atom stereocenters. The fourth-order valence-electron chi connectivity index (χ4n) is 1.57. The van der Waals surface area contributed by atoms with Gasteiger partial charge in [0.25, 0.3) is 5.91 Å². The maximum Gasteiger partial charge on any atom is 0.250 e. The van der Waals surface area contributed by atoms with E-state index in [4.69, 9.17) is 21.5 Å². The van der Waals surface area contributed by atoms with E-state index in [9.17, 15) is 4.79 Å². The summed E-state index contributed by atoms with van der Waals surface area (Å²) in [7, 11) is 1.59. The molecular weight excluding hydrogens is 246 g/mol. The van der Waals surface area contributed by atoms with Gasteiger partial charge in [0.2, 0.25) is 0 Å². The third-order valence-corrected chi connectivity index (χ3v) is 2.57. The first-order valence-electron chi connectivity index (χ1n) is 5.76. The molecule has 0 radical (unpaired) electrons. The van der Waals surface area contributed by atoms with Crippen LogP contribution in [0, 0.1) is 11.3 Å². The third-order valence-electron chi connectivity index (χ3n) is 2.57. The summed E-state index contributed by atoms with van der Waals surface area (Å²) in [6.07, 6.45) is 1.74. The van der Waals surface area contributed by atoms with E-state index in [1.165, 1.54) is 12.3 Å². The molecular formula is C12H17N5O2. The Morgan fingerprint density at radius 1 is 1.58 bits per heavy atom. The summed E-state index contributed by atoms with van der Waals surface area (Å²) in [5.41, 5.74) is 11.3. The van der Waals surface area contributed by atoms with Gasteiger partial charge in [0, 0.05) is 20.2 Å². The van der Waals surface area contributed by atoms with Crippen LogP contribution in [-0.4, -0.2) is 37.7 Å². The molecule has 0 spiro atoms. The lowest BCUT2D eigenvalue weighted by Gasteiger charge is -2.22. The van der Waals surface area contributed by atoms with E-state index in [-0.39, 0.29) is 11.3 Å². The molecule has 1 aromatic rings. The number of ether oxygens (including phenoxy) is 1. The Kier molecular flexibility index (Phi) is 5.57. The summed E-state index contributed by atoms with van der Waals surface area (Å²) in [6, 6.07) is 3.60. The van der Waals surface area contributed by atoms with Gasteiger partial charge in [-0.1, -0.05) is 0 Å². The molecule has 0 saturated heterocycles. The molecule has 0 atom stereocenters. The molecule has 102 valence electrons. The van der Waals surface area contributed by atoms with Crippen LogP contribution in [-0.2, 0) is 4.74 Å². The predicted octanol–water partition coefficient (Wildman–Crippen LogP) is 0.129. The molecule has 0 aromatic carbocycles. The van der Waals surface area contributed by atoms with E-state index in [0.29, 0.717) is 31.9 Å². The van der Waals surface area contributed by atoms with Crippen molar-refractivity contribution in [2.45, 2.75) is 6.42 Å². The van der Waals surface area contributed by atoms with Gasteiger partial charge in [0.05, 0.1) is 36.5 Å². The Morgan fingerprint density at radius 2 is 2.32 bits per heavy atom. The molecule has 1 rings (SSSR count). The van der Waals surface area contributed by atoms with Crippen molar-refractivity contribution in [2.24, 2.45) is 5.73 Å². The molecule has 0 aliphatic rings. The van der Waals surface area contributed by atoms with Crippen LogP contribution in [0.1, 0.15) is 16.8 Å². The number of hydrogen-bond acceptors (Lipinski definition) is 6. The van der Waals surface area contributed by atoms with Crippen LogP contribution < -0.4 is 16.4 Å². The van der Waals surface area contributed by atoms with Crippen molar-refractivity contribution >= 4 is 17.4 Å². The highest BCUT2D eigenvalue weighted by atomic mass is 16.5. The van der Waals surface area contributed by atoms with Gasteiger partial charge in [-0.3, -0.25) is 4.79 Å². The van der Waals surface area contributed by atoms with Crippen molar-refractivity contribution in [1.29, 1.82) is 5.26 Å². The second-order valence-corrected chi connectivity index (χ2v) is 3.88. The average Bonchev–Trinajstić information content (AvgIpc) is 2.39. The molecule has 0 aliphatic heterocycles. The lowest BCUT2D eigenvalue weighted by Crippen LogP contribution is -2.29. The van der Waals surface area contributed by atoms with Crippen LogP contribution in [0.15, 0.2) is 12.3 Å². The fourth-order valence-corrected chi connectivity index (χ4v) is 1.57. The number of aromatic nitrogens is 1. The number of nitrogens with zero attached hydrogens (tertiary/aromatic N) is 3. The molecule has 19 heavy (non-hydrogen) atoms. The number of nitriles is 1. The van der Waals surface area contributed by atoms with Gasteiger partial charge in [-0.05, 0) is 6.07 Å². The zero-order chi connectivity index (χ0) is 14.3. The minimum absolute atomic E-state index is 0.226. The quantitative estimate of drug-likeness (QED) is 0.721. The van der Waals surface area contributed by atoms with E-state index in [0.717, 1.165) is 0 Å². The number of nitrogens with two attached hydrogens (primary N) is 2. The van der Waals surface area contributed by atoms with Crippen molar-refractivity contribution in [3.63, 3.8) is 0 Å². The Bertz CT molecular complexity index is 483. The Hall–Kier alpha value is -2.33. The Balaban J connectivity index is 2.97. The van der Waals surface area contributed by atoms with Gasteiger partial charge in [0.15, 0.2) is 0 Å². The number of rotatable bonds is 7. The van der Waals surface area contributed by atoms with Crippen molar-refractivity contribution in [3.05, 3.63) is 17.8 Å². The van der Waals surface area contributed by atoms with Gasteiger partial charge in [-0.2, -0.15) is 5.26 Å². The zero-order valence-corrected chi connectivity index (χ0v) is 10.8. The SMILES string of the molecule is COCCN(CCC#N)c1cc(C(N)=O)c(N)cn1. The van der Waals surface area contributed by atoms with Crippen LogP contribution in [0.3, 0.4) is 0 Å². The van der Waals surface area contributed by atoms with Crippen LogP contribution >= 0.6 is 0 Å². The zero-order valence-electron chi connectivity index (χ0n) is 10.8. The predicted molar refractivity (Wildman–Crippen MR) is 71.5 cm³/mol. The molecule has 0 fully saturated rings. The number of carbonyl (C=O) groups is 1. The summed E-state index contributed by atoms with van der Waals surface area (Å²) >= 11 is 0. The topological polar surface area (TPSA) is 118 Å². The standard InChI is InChI=1S/C12H17N5O2/c1-19-6-5-17(4-2-3-13)11-7-9(12(15)18)10(14)8-16-11/h7-8H,2,4-6,14H2,1H3,(H2,15,18). The summed E-state index contributed by atoms with van der Waals surface area (Å²) < 4.78 is 5.01. The van der Waals surface area contributed by atoms with E-state index < -0.39 is 5.91 Å². The van der Waals surface area contributed by atoms with Crippen LogP contribution in [0.4, 0.5) is 11.5 Å². The van der Waals surface area contributed by atoms with Crippen LogP contribution in [0.25, 0.3) is 0 Å². The highest BCUT2D eigenvalue weighted by Gasteiger charge is 2.12. The Morgan fingerprint density at radius 3 is 2.89 bits per heavy atom. The van der Waals surface area contributed by atoms with Gasteiger partial charge in [-0.25, -0.2) is 4.98 Å². The molecule has 7 nitrogen and oxygen atoms in total. The van der Waals surface area contributed by atoms with E-state index in [1.54, 1.807) is 7.11 Å². The second-order valence-electron chi connectivity index (χ2n) is 3.88. The highest BCUT2D eigenvalue weighted by molar-refractivity contribution is 5.98. The number of nitrogen functional groups attached to an aromatic ring is 1. The third kappa shape index (κ3) is 4.12. The summed E-state index contributed by atoms with van der Waals surface area (Å²) in [5.74, 6) is -0.0524. The minimum atomic E-state index is -0.604. The monoisotopic (exact) mass is 263 g/mol. The van der Waals surface area contributed by atoms with E-state index in [2.05, 4.69) is 11.1 Å². The van der Waals surface area contributed by atoms with Crippen molar-refractivity contribution in [2.75, 3.05) is 37.4 Å². The molecule has 0 bridgehead atoms. The molecule has 7 heteroatoms. The maximum atomic E-state index is 11.2. The van der Waals surface area contributed by atoms with Gasteiger partial charge >= 0.3 is 0 Å². The Labute approximate surface area is 111 Å². The smallest absolute Gasteiger partial charge is 0.250 e. The fraction of sp³-hybridized carbons (Fsp3) is 0.417. The number of primary amides is 1. The first kappa shape index (κ1) is 14.7. The average molecular weight is 263 g/mol. The molecule has 0 saturated carbocycles. The minimum Gasteiger partial charge on any atom is -0.397 e. The lowest BCUT2D eigenvalue weighted by atomic mass is 10.2. The largest absolute Gasteiger partial charge is 0.397 e. The molecule has 4 N–H and O–H groups in total. The number of anilines is 2. The van der Waals surface area contributed by atoms with Crippen LogP contribution in [0.5, 0.6) is 0 Å². The van der Waals surface area contributed by atoms with Gasteiger partial charge in [-0.15, -0.1) is 0 Å². The number of amides is 1. The highest BCUT2D eigenvalue weighted by Crippen LogP contribution is 2.18. The summed E-state index contributed by atoms with van der Waals surface area (Å²) in [5, 5.41) is 8.65. The number of methoxy groups -OCH3 is 1. The number of pyridine rings is 1. The van der Waals surface area contributed by atoms with Crippen molar-refractivity contribution < 1.29 is 9.53 Å². The van der Waals surface area contributed by atoms with Crippen molar-refractivity contribution in [3.8, 4) is 6.07 Å². The normalized spacial score (nSPS) is 9.89. The molecule has 0 aliphatic carbocycles. The lowest BCUT2D eigenvalue weighted by molar-refractivity contribution is 0.100. The first-order valence-corrected chi connectivity index (χ1v) is 5.76. The van der Waals surface area contributed by atoms with E-state index in [1.807, 2.05) is 4.90 Å². The maximum absolute atomic E-state index is 11.2.